The Morgan fingerprint density at radius 3 is 2.61 bits per heavy atom. The Morgan fingerprint density at radius 2 is 2.17 bits per heavy atom. The van der Waals surface area contributed by atoms with E-state index in [1.54, 1.807) is 6.07 Å². The highest BCUT2D eigenvalue weighted by Crippen LogP contribution is 2.24. The van der Waals surface area contributed by atoms with Gasteiger partial charge in [0.2, 0.25) is 0 Å². The predicted octanol–water partition coefficient (Wildman–Crippen LogP) is 1.55. The average Bonchev–Trinajstić information content (AvgIpc) is 2.39. The standard InChI is InChI=1S/C12H18N4O2/c1-9(13)10-4-6-15(7-5-10)12-3-2-11(8-14-12)16(17)18/h2-3,8-10H,4-7,13H2,1H3. The van der Waals surface area contributed by atoms with Crippen molar-refractivity contribution in [2.45, 2.75) is 25.8 Å². The van der Waals surface area contributed by atoms with E-state index in [0.717, 1.165) is 31.7 Å². The summed E-state index contributed by atoms with van der Waals surface area (Å²) in [6, 6.07) is 3.45. The third-order valence-electron chi connectivity index (χ3n) is 3.55. The van der Waals surface area contributed by atoms with Crippen molar-refractivity contribution in [2.75, 3.05) is 18.0 Å². The van der Waals surface area contributed by atoms with Crippen molar-refractivity contribution in [1.29, 1.82) is 0 Å². The van der Waals surface area contributed by atoms with Crippen LogP contribution in [0.2, 0.25) is 0 Å². The van der Waals surface area contributed by atoms with Crippen molar-refractivity contribution in [1.82, 2.24) is 4.98 Å². The van der Waals surface area contributed by atoms with Crippen LogP contribution in [0, 0.1) is 16.0 Å². The molecular formula is C12H18N4O2. The summed E-state index contributed by atoms with van der Waals surface area (Å²) in [5.74, 6) is 1.38. The van der Waals surface area contributed by atoms with Crippen LogP contribution in [0.25, 0.3) is 0 Å². The van der Waals surface area contributed by atoms with Gasteiger partial charge in [0.25, 0.3) is 5.69 Å². The van der Waals surface area contributed by atoms with E-state index in [4.69, 9.17) is 5.73 Å². The second kappa shape index (κ2) is 5.30. The lowest BCUT2D eigenvalue weighted by Crippen LogP contribution is -2.40. The highest BCUT2D eigenvalue weighted by atomic mass is 16.6. The molecule has 6 heteroatoms. The molecule has 1 aromatic heterocycles. The lowest BCUT2D eigenvalue weighted by atomic mass is 9.91. The SMILES string of the molecule is CC(N)C1CCN(c2ccc([N+](=O)[O-])cn2)CC1. The van der Waals surface area contributed by atoms with E-state index >= 15 is 0 Å². The Hall–Kier alpha value is -1.69. The van der Waals surface area contributed by atoms with Crippen molar-refractivity contribution in [2.24, 2.45) is 11.7 Å². The molecule has 18 heavy (non-hydrogen) atoms. The van der Waals surface area contributed by atoms with E-state index in [0.29, 0.717) is 5.92 Å². The minimum atomic E-state index is -0.431. The van der Waals surface area contributed by atoms with Gasteiger partial charge in [-0.25, -0.2) is 4.98 Å². The third kappa shape index (κ3) is 2.76. The van der Waals surface area contributed by atoms with Crippen molar-refractivity contribution >= 4 is 11.5 Å². The first-order valence-corrected chi connectivity index (χ1v) is 6.19. The van der Waals surface area contributed by atoms with Gasteiger partial charge in [0.05, 0.1) is 4.92 Å². The fourth-order valence-electron chi connectivity index (χ4n) is 2.33. The molecule has 98 valence electrons. The first kappa shape index (κ1) is 12.8. The van der Waals surface area contributed by atoms with Gasteiger partial charge in [-0.05, 0) is 31.7 Å². The van der Waals surface area contributed by atoms with Crippen LogP contribution in [0.5, 0.6) is 0 Å². The molecule has 2 heterocycles. The first-order chi connectivity index (χ1) is 8.58. The number of anilines is 1. The Kier molecular flexibility index (Phi) is 3.76. The summed E-state index contributed by atoms with van der Waals surface area (Å²) in [6.45, 7) is 3.87. The Labute approximate surface area is 106 Å². The minimum absolute atomic E-state index is 0.0317. The Bertz CT molecular complexity index is 411. The second-order valence-electron chi connectivity index (χ2n) is 4.82. The molecule has 1 aromatic rings. The van der Waals surface area contributed by atoms with Crippen molar-refractivity contribution in [3.63, 3.8) is 0 Å². The molecule has 0 saturated carbocycles. The van der Waals surface area contributed by atoms with Crippen LogP contribution in [0.1, 0.15) is 19.8 Å². The highest BCUT2D eigenvalue weighted by molar-refractivity contribution is 5.43. The van der Waals surface area contributed by atoms with Gasteiger partial charge < -0.3 is 10.6 Å². The molecule has 1 atom stereocenters. The van der Waals surface area contributed by atoms with Crippen LogP contribution in [0.4, 0.5) is 11.5 Å². The molecule has 1 saturated heterocycles. The Balaban J connectivity index is 1.99. The van der Waals surface area contributed by atoms with E-state index in [-0.39, 0.29) is 11.7 Å². The largest absolute Gasteiger partial charge is 0.357 e. The van der Waals surface area contributed by atoms with E-state index < -0.39 is 4.92 Å². The normalized spacial score (nSPS) is 18.7. The number of hydrogen-bond donors (Lipinski definition) is 1. The number of pyridine rings is 1. The zero-order chi connectivity index (χ0) is 13.1. The van der Waals surface area contributed by atoms with Crippen molar-refractivity contribution in [3.05, 3.63) is 28.4 Å². The maximum absolute atomic E-state index is 10.5. The fourth-order valence-corrected chi connectivity index (χ4v) is 2.33. The summed E-state index contributed by atoms with van der Waals surface area (Å²) in [7, 11) is 0. The molecular weight excluding hydrogens is 232 g/mol. The molecule has 2 rings (SSSR count). The smallest absolute Gasteiger partial charge is 0.287 e. The molecule has 1 aliphatic heterocycles. The number of aromatic nitrogens is 1. The molecule has 0 amide bonds. The molecule has 6 nitrogen and oxygen atoms in total. The molecule has 1 unspecified atom stereocenters. The van der Waals surface area contributed by atoms with Crippen LogP contribution in [-0.4, -0.2) is 29.0 Å². The molecule has 0 bridgehead atoms. The van der Waals surface area contributed by atoms with E-state index in [2.05, 4.69) is 9.88 Å². The lowest BCUT2D eigenvalue weighted by molar-refractivity contribution is -0.385. The summed E-state index contributed by atoms with van der Waals surface area (Å²) in [6.07, 6.45) is 3.42. The molecule has 0 spiro atoms. The number of nitrogens with zero attached hydrogens (tertiary/aromatic N) is 3. The molecule has 0 aromatic carbocycles. The van der Waals surface area contributed by atoms with Crippen LogP contribution < -0.4 is 10.6 Å². The topological polar surface area (TPSA) is 85.3 Å². The lowest BCUT2D eigenvalue weighted by Gasteiger charge is -2.34. The van der Waals surface area contributed by atoms with Gasteiger partial charge in [-0.15, -0.1) is 0 Å². The van der Waals surface area contributed by atoms with Gasteiger partial charge >= 0.3 is 0 Å². The maximum atomic E-state index is 10.5. The van der Waals surface area contributed by atoms with Gasteiger partial charge in [0, 0.05) is 25.2 Å². The van der Waals surface area contributed by atoms with Crippen LogP contribution >= 0.6 is 0 Å². The van der Waals surface area contributed by atoms with Gasteiger partial charge in [-0.3, -0.25) is 10.1 Å². The Morgan fingerprint density at radius 1 is 1.50 bits per heavy atom. The van der Waals surface area contributed by atoms with Crippen molar-refractivity contribution < 1.29 is 4.92 Å². The predicted molar refractivity (Wildman–Crippen MR) is 69.5 cm³/mol. The van der Waals surface area contributed by atoms with Gasteiger partial charge in [0.1, 0.15) is 12.0 Å². The average molecular weight is 250 g/mol. The van der Waals surface area contributed by atoms with E-state index in [1.807, 2.05) is 6.92 Å². The monoisotopic (exact) mass is 250 g/mol. The fraction of sp³-hybridized carbons (Fsp3) is 0.583. The summed E-state index contributed by atoms with van der Waals surface area (Å²) in [5.41, 5.74) is 5.93. The summed E-state index contributed by atoms with van der Waals surface area (Å²) >= 11 is 0. The van der Waals surface area contributed by atoms with Crippen molar-refractivity contribution in [3.8, 4) is 0 Å². The quantitative estimate of drug-likeness (QED) is 0.650. The maximum Gasteiger partial charge on any atom is 0.287 e. The first-order valence-electron chi connectivity index (χ1n) is 6.19. The number of piperidine rings is 1. The third-order valence-corrected chi connectivity index (χ3v) is 3.55. The number of nitrogens with two attached hydrogens (primary N) is 1. The van der Waals surface area contributed by atoms with Gasteiger partial charge in [-0.2, -0.15) is 0 Å². The highest BCUT2D eigenvalue weighted by Gasteiger charge is 2.22. The number of hydrogen-bond acceptors (Lipinski definition) is 5. The number of nitro groups is 1. The summed E-state index contributed by atoms with van der Waals surface area (Å²) in [5, 5.41) is 10.5. The summed E-state index contributed by atoms with van der Waals surface area (Å²) in [4.78, 5) is 16.4. The van der Waals surface area contributed by atoms with E-state index in [9.17, 15) is 10.1 Å². The molecule has 1 fully saturated rings. The van der Waals surface area contributed by atoms with Crippen LogP contribution in [0.15, 0.2) is 18.3 Å². The van der Waals surface area contributed by atoms with E-state index in [1.165, 1.54) is 12.3 Å². The second-order valence-corrected chi connectivity index (χ2v) is 4.82. The molecule has 0 aliphatic carbocycles. The van der Waals surface area contributed by atoms with Crippen LogP contribution in [-0.2, 0) is 0 Å². The molecule has 0 radical (unpaired) electrons. The number of rotatable bonds is 3. The summed E-state index contributed by atoms with van der Waals surface area (Å²) < 4.78 is 0. The zero-order valence-electron chi connectivity index (χ0n) is 10.5. The molecule has 2 N–H and O–H groups in total. The minimum Gasteiger partial charge on any atom is -0.357 e. The van der Waals surface area contributed by atoms with Crippen LogP contribution in [0.3, 0.4) is 0 Å². The van der Waals surface area contributed by atoms with Gasteiger partial charge in [0.15, 0.2) is 0 Å². The zero-order valence-corrected chi connectivity index (χ0v) is 10.5. The van der Waals surface area contributed by atoms with Gasteiger partial charge in [-0.1, -0.05) is 0 Å². The molecule has 1 aliphatic rings.